The van der Waals surface area contributed by atoms with E-state index >= 15 is 0 Å². The highest BCUT2D eigenvalue weighted by atomic mass is 16.5. The topological polar surface area (TPSA) is 64.3 Å². The van der Waals surface area contributed by atoms with Gasteiger partial charge in [-0.15, -0.1) is 0 Å². The summed E-state index contributed by atoms with van der Waals surface area (Å²) in [6.07, 6.45) is 0. The molecule has 0 aliphatic heterocycles. The fraction of sp³-hybridized carbons (Fsp3) is 0.188. The van der Waals surface area contributed by atoms with Gasteiger partial charge in [-0.1, -0.05) is 30.3 Å². The number of carbonyl (C=O) groups excluding carboxylic acids is 1. The van der Waals surface area contributed by atoms with Crippen molar-refractivity contribution in [3.63, 3.8) is 0 Å². The predicted octanol–water partition coefficient (Wildman–Crippen LogP) is 2.90. The maximum Gasteiger partial charge on any atom is 0.262 e. The van der Waals surface area contributed by atoms with E-state index in [1.54, 1.807) is 6.07 Å². The van der Waals surface area contributed by atoms with Crippen LogP contribution in [0.4, 0.5) is 11.4 Å². The molecule has 0 aliphatic carbocycles. The molecule has 4 nitrogen and oxygen atoms in total. The number of para-hydroxylation sites is 2. The molecule has 3 N–H and O–H groups in total. The molecule has 0 saturated carbocycles. The monoisotopic (exact) mass is 270 g/mol. The number of ether oxygens (including phenoxy) is 1. The Hall–Kier alpha value is -2.49. The number of aryl methyl sites for hydroxylation is 2. The molecular formula is C16H18N2O2. The highest BCUT2D eigenvalue weighted by molar-refractivity contribution is 5.95. The maximum absolute atomic E-state index is 11.9. The zero-order valence-electron chi connectivity index (χ0n) is 11.6. The number of nitrogen functional groups attached to an aromatic ring is 1. The first-order valence-electron chi connectivity index (χ1n) is 6.41. The molecule has 0 atom stereocenters. The summed E-state index contributed by atoms with van der Waals surface area (Å²) in [5.74, 6) is 0.481. The molecule has 2 aromatic carbocycles. The van der Waals surface area contributed by atoms with Gasteiger partial charge < -0.3 is 15.8 Å². The second-order valence-electron chi connectivity index (χ2n) is 4.64. The average molecular weight is 270 g/mol. The van der Waals surface area contributed by atoms with Crippen molar-refractivity contribution < 1.29 is 9.53 Å². The summed E-state index contributed by atoms with van der Waals surface area (Å²) in [7, 11) is 0. The van der Waals surface area contributed by atoms with Gasteiger partial charge in [0.25, 0.3) is 5.91 Å². The van der Waals surface area contributed by atoms with Crippen LogP contribution in [0.25, 0.3) is 0 Å². The Kier molecular flexibility index (Phi) is 4.25. The highest BCUT2D eigenvalue weighted by Crippen LogP contribution is 2.22. The first-order valence-corrected chi connectivity index (χ1v) is 6.41. The number of rotatable bonds is 4. The van der Waals surface area contributed by atoms with Gasteiger partial charge in [-0.3, -0.25) is 4.79 Å². The van der Waals surface area contributed by atoms with Crippen molar-refractivity contribution >= 4 is 17.3 Å². The van der Waals surface area contributed by atoms with Gasteiger partial charge in [0.15, 0.2) is 6.61 Å². The zero-order valence-corrected chi connectivity index (χ0v) is 11.6. The molecule has 1 amide bonds. The van der Waals surface area contributed by atoms with Gasteiger partial charge in [-0.25, -0.2) is 0 Å². The Bertz CT molecular complexity index is 603. The second kappa shape index (κ2) is 6.10. The molecule has 0 radical (unpaired) electrons. The number of benzene rings is 2. The lowest BCUT2D eigenvalue weighted by Gasteiger charge is -2.12. The van der Waals surface area contributed by atoms with Crippen LogP contribution in [0, 0.1) is 13.8 Å². The van der Waals surface area contributed by atoms with Crippen LogP contribution >= 0.6 is 0 Å². The summed E-state index contributed by atoms with van der Waals surface area (Å²) < 4.78 is 5.50. The van der Waals surface area contributed by atoms with Crippen LogP contribution in [-0.4, -0.2) is 12.5 Å². The Balaban J connectivity index is 1.98. The standard InChI is InChI=1S/C16H18N2O2/c1-11-6-3-4-9-14(11)20-10-15(19)18-16-12(2)7-5-8-13(16)17/h3-9H,10,17H2,1-2H3,(H,18,19). The van der Waals surface area contributed by atoms with Gasteiger partial charge in [-0.05, 0) is 37.1 Å². The number of carbonyl (C=O) groups is 1. The van der Waals surface area contributed by atoms with Gasteiger partial charge in [0.2, 0.25) is 0 Å². The quantitative estimate of drug-likeness (QED) is 0.840. The summed E-state index contributed by atoms with van der Waals surface area (Å²) in [6.45, 7) is 3.79. The van der Waals surface area contributed by atoms with Crippen molar-refractivity contribution in [2.45, 2.75) is 13.8 Å². The molecule has 0 spiro atoms. The van der Waals surface area contributed by atoms with Crippen molar-refractivity contribution in [3.8, 4) is 5.75 Å². The SMILES string of the molecule is Cc1ccccc1OCC(=O)Nc1c(C)cccc1N. The van der Waals surface area contributed by atoms with Gasteiger partial charge in [-0.2, -0.15) is 0 Å². The van der Waals surface area contributed by atoms with Gasteiger partial charge in [0.1, 0.15) is 5.75 Å². The average Bonchev–Trinajstić information content (AvgIpc) is 2.42. The molecule has 20 heavy (non-hydrogen) atoms. The molecular weight excluding hydrogens is 252 g/mol. The third kappa shape index (κ3) is 3.29. The predicted molar refractivity (Wildman–Crippen MR) is 80.9 cm³/mol. The molecule has 0 heterocycles. The van der Waals surface area contributed by atoms with Gasteiger partial charge in [0.05, 0.1) is 11.4 Å². The van der Waals surface area contributed by atoms with E-state index in [-0.39, 0.29) is 12.5 Å². The van der Waals surface area contributed by atoms with Crippen LogP contribution in [0.3, 0.4) is 0 Å². The lowest BCUT2D eigenvalue weighted by atomic mass is 10.1. The minimum absolute atomic E-state index is 0.0430. The van der Waals surface area contributed by atoms with E-state index in [2.05, 4.69) is 5.32 Å². The van der Waals surface area contributed by atoms with Gasteiger partial charge >= 0.3 is 0 Å². The van der Waals surface area contributed by atoms with Crippen molar-refractivity contribution in [1.82, 2.24) is 0 Å². The minimum atomic E-state index is -0.228. The fourth-order valence-corrected chi connectivity index (χ4v) is 1.90. The first kappa shape index (κ1) is 13.9. The maximum atomic E-state index is 11.9. The Morgan fingerprint density at radius 2 is 1.80 bits per heavy atom. The Morgan fingerprint density at radius 1 is 1.10 bits per heavy atom. The van der Waals surface area contributed by atoms with Crippen molar-refractivity contribution in [2.75, 3.05) is 17.7 Å². The lowest BCUT2D eigenvalue weighted by Crippen LogP contribution is -2.21. The summed E-state index contributed by atoms with van der Waals surface area (Å²) in [6, 6.07) is 13.1. The zero-order chi connectivity index (χ0) is 14.5. The number of hydrogen-bond donors (Lipinski definition) is 2. The highest BCUT2D eigenvalue weighted by Gasteiger charge is 2.09. The second-order valence-corrected chi connectivity index (χ2v) is 4.64. The summed E-state index contributed by atoms with van der Waals surface area (Å²) >= 11 is 0. The number of nitrogens with two attached hydrogens (primary N) is 1. The smallest absolute Gasteiger partial charge is 0.262 e. The molecule has 0 saturated heterocycles. The molecule has 0 bridgehead atoms. The van der Waals surface area contributed by atoms with Crippen molar-refractivity contribution in [3.05, 3.63) is 53.6 Å². The van der Waals surface area contributed by atoms with Crippen LogP contribution in [-0.2, 0) is 4.79 Å². The summed E-state index contributed by atoms with van der Waals surface area (Å²) in [4.78, 5) is 11.9. The van der Waals surface area contributed by atoms with Crippen molar-refractivity contribution in [2.24, 2.45) is 0 Å². The van der Waals surface area contributed by atoms with Crippen LogP contribution in [0.2, 0.25) is 0 Å². The fourth-order valence-electron chi connectivity index (χ4n) is 1.90. The lowest BCUT2D eigenvalue weighted by molar-refractivity contribution is -0.118. The Labute approximate surface area is 118 Å². The third-order valence-electron chi connectivity index (χ3n) is 3.02. The molecule has 4 heteroatoms. The van der Waals surface area contributed by atoms with Crippen LogP contribution < -0.4 is 15.8 Å². The molecule has 0 aromatic heterocycles. The van der Waals surface area contributed by atoms with E-state index in [0.717, 1.165) is 11.1 Å². The molecule has 0 fully saturated rings. The normalized spacial score (nSPS) is 10.1. The van der Waals surface area contributed by atoms with E-state index in [0.29, 0.717) is 17.1 Å². The van der Waals surface area contributed by atoms with Crippen LogP contribution in [0.15, 0.2) is 42.5 Å². The number of hydrogen-bond acceptors (Lipinski definition) is 3. The van der Waals surface area contributed by atoms with E-state index in [1.807, 2.05) is 50.2 Å². The number of amides is 1. The van der Waals surface area contributed by atoms with Gasteiger partial charge in [0, 0.05) is 0 Å². The Morgan fingerprint density at radius 3 is 2.50 bits per heavy atom. The summed E-state index contributed by atoms with van der Waals surface area (Å²) in [5.41, 5.74) is 8.96. The number of anilines is 2. The van der Waals surface area contributed by atoms with Crippen molar-refractivity contribution in [1.29, 1.82) is 0 Å². The van der Waals surface area contributed by atoms with Crippen LogP contribution in [0.1, 0.15) is 11.1 Å². The molecule has 0 unspecified atom stereocenters. The largest absolute Gasteiger partial charge is 0.483 e. The van der Waals surface area contributed by atoms with E-state index in [4.69, 9.17) is 10.5 Å². The van der Waals surface area contributed by atoms with E-state index in [1.165, 1.54) is 0 Å². The third-order valence-corrected chi connectivity index (χ3v) is 3.02. The molecule has 2 aromatic rings. The molecule has 2 rings (SSSR count). The molecule has 0 aliphatic rings. The number of nitrogens with one attached hydrogen (secondary N) is 1. The minimum Gasteiger partial charge on any atom is -0.483 e. The van der Waals surface area contributed by atoms with Crippen LogP contribution in [0.5, 0.6) is 5.75 Å². The summed E-state index contributed by atoms with van der Waals surface area (Å²) in [5, 5.41) is 2.78. The van der Waals surface area contributed by atoms with E-state index in [9.17, 15) is 4.79 Å². The first-order chi connectivity index (χ1) is 9.58. The molecule has 104 valence electrons. The van der Waals surface area contributed by atoms with E-state index < -0.39 is 0 Å².